The molecule has 4 heteroatoms. The van der Waals surface area contributed by atoms with Gasteiger partial charge in [-0.3, -0.25) is 9.78 Å². The van der Waals surface area contributed by atoms with Gasteiger partial charge in [0.05, 0.1) is 6.42 Å². The Morgan fingerprint density at radius 2 is 2.47 bits per heavy atom. The molecule has 82 valence electrons. The summed E-state index contributed by atoms with van der Waals surface area (Å²) in [6, 6.07) is 3.87. The highest BCUT2D eigenvalue weighted by Gasteiger charge is 2.09. The average molecular weight is 208 g/mol. The van der Waals surface area contributed by atoms with Crippen LogP contribution in [0.1, 0.15) is 25.3 Å². The van der Waals surface area contributed by atoms with Gasteiger partial charge in [-0.15, -0.1) is 0 Å². The zero-order chi connectivity index (χ0) is 11.1. The van der Waals surface area contributed by atoms with Gasteiger partial charge < -0.3 is 10.4 Å². The normalized spacial score (nSPS) is 12.3. The van der Waals surface area contributed by atoms with Crippen molar-refractivity contribution in [2.75, 3.05) is 0 Å². The highest BCUT2D eigenvalue weighted by Crippen LogP contribution is 2.01. The minimum atomic E-state index is -0.763. The molecule has 0 radical (unpaired) electrons. The number of aromatic nitrogens is 1. The number of hydrogen-bond donors (Lipinski definition) is 2. The summed E-state index contributed by atoms with van der Waals surface area (Å²) >= 11 is 0. The van der Waals surface area contributed by atoms with Gasteiger partial charge in [-0.1, -0.05) is 13.0 Å². The highest BCUT2D eigenvalue weighted by molar-refractivity contribution is 5.67. The van der Waals surface area contributed by atoms with Crippen molar-refractivity contribution < 1.29 is 9.90 Å². The molecular formula is C11H16N2O2. The third-order valence-electron chi connectivity index (χ3n) is 2.23. The number of aliphatic carboxylic acids is 1. The molecule has 1 unspecified atom stereocenters. The lowest BCUT2D eigenvalue weighted by atomic mass is 10.1. The van der Waals surface area contributed by atoms with Crippen molar-refractivity contribution in [3.8, 4) is 0 Å². The van der Waals surface area contributed by atoms with E-state index < -0.39 is 5.97 Å². The summed E-state index contributed by atoms with van der Waals surface area (Å²) in [7, 11) is 0. The van der Waals surface area contributed by atoms with Gasteiger partial charge in [0, 0.05) is 25.0 Å². The fourth-order valence-electron chi connectivity index (χ4n) is 1.34. The van der Waals surface area contributed by atoms with Crippen LogP contribution in [0.25, 0.3) is 0 Å². The van der Waals surface area contributed by atoms with Crippen molar-refractivity contribution in [3.63, 3.8) is 0 Å². The minimum Gasteiger partial charge on any atom is -0.481 e. The number of carboxylic acids is 1. The van der Waals surface area contributed by atoms with Crippen LogP contribution in [0.3, 0.4) is 0 Å². The predicted molar refractivity (Wildman–Crippen MR) is 57.4 cm³/mol. The monoisotopic (exact) mass is 208 g/mol. The lowest BCUT2D eigenvalue weighted by Gasteiger charge is -2.14. The van der Waals surface area contributed by atoms with Crippen LogP contribution >= 0.6 is 0 Å². The Kier molecular flexibility index (Phi) is 4.77. The Bertz CT molecular complexity index is 301. The number of pyridine rings is 1. The maximum atomic E-state index is 10.5. The van der Waals surface area contributed by atoms with Crippen LogP contribution in [0.4, 0.5) is 0 Å². The van der Waals surface area contributed by atoms with Crippen molar-refractivity contribution in [2.24, 2.45) is 0 Å². The quantitative estimate of drug-likeness (QED) is 0.742. The van der Waals surface area contributed by atoms with Crippen LogP contribution < -0.4 is 5.32 Å². The maximum absolute atomic E-state index is 10.5. The molecule has 1 atom stereocenters. The molecule has 0 amide bonds. The molecule has 1 heterocycles. The van der Waals surface area contributed by atoms with Gasteiger partial charge in [0.1, 0.15) is 0 Å². The molecule has 1 rings (SSSR count). The van der Waals surface area contributed by atoms with Crippen molar-refractivity contribution in [1.29, 1.82) is 0 Å². The van der Waals surface area contributed by atoms with E-state index in [1.807, 2.05) is 19.1 Å². The topological polar surface area (TPSA) is 62.2 Å². The SMILES string of the molecule is CCC(CC(=O)O)NCc1cccnc1. The Hall–Kier alpha value is -1.42. The summed E-state index contributed by atoms with van der Waals surface area (Å²) in [5, 5.41) is 11.9. The summed E-state index contributed by atoms with van der Waals surface area (Å²) in [5.41, 5.74) is 1.07. The zero-order valence-corrected chi connectivity index (χ0v) is 8.81. The van der Waals surface area contributed by atoms with Crippen molar-refractivity contribution in [3.05, 3.63) is 30.1 Å². The Balaban J connectivity index is 2.37. The Labute approximate surface area is 89.3 Å². The molecular weight excluding hydrogens is 192 g/mol. The van der Waals surface area contributed by atoms with Crippen molar-refractivity contribution in [2.45, 2.75) is 32.4 Å². The van der Waals surface area contributed by atoms with Crippen LogP contribution in [-0.2, 0) is 11.3 Å². The summed E-state index contributed by atoms with van der Waals surface area (Å²) in [6.45, 7) is 2.64. The number of carboxylic acid groups (broad SMARTS) is 1. The van der Waals surface area contributed by atoms with E-state index in [1.165, 1.54) is 0 Å². The summed E-state index contributed by atoms with van der Waals surface area (Å²) in [6.07, 6.45) is 4.47. The van der Waals surface area contributed by atoms with Gasteiger partial charge in [0.25, 0.3) is 0 Å². The molecule has 0 aliphatic carbocycles. The minimum absolute atomic E-state index is 0.0303. The molecule has 1 aromatic rings. The van der Waals surface area contributed by atoms with E-state index in [-0.39, 0.29) is 12.5 Å². The first-order valence-corrected chi connectivity index (χ1v) is 5.06. The molecule has 0 spiro atoms. The summed E-state index contributed by atoms with van der Waals surface area (Å²) in [4.78, 5) is 14.5. The van der Waals surface area contributed by atoms with E-state index in [0.29, 0.717) is 6.54 Å². The summed E-state index contributed by atoms with van der Waals surface area (Å²) < 4.78 is 0. The van der Waals surface area contributed by atoms with Gasteiger partial charge in [-0.05, 0) is 18.1 Å². The number of nitrogens with one attached hydrogen (secondary N) is 1. The number of nitrogens with zero attached hydrogens (tertiary/aromatic N) is 1. The van der Waals surface area contributed by atoms with Crippen LogP contribution in [0, 0.1) is 0 Å². The first-order valence-electron chi connectivity index (χ1n) is 5.06. The lowest BCUT2D eigenvalue weighted by Crippen LogP contribution is -2.30. The predicted octanol–water partition coefficient (Wildman–Crippen LogP) is 1.42. The number of rotatable bonds is 6. The van der Waals surface area contributed by atoms with Crippen LogP contribution in [0.15, 0.2) is 24.5 Å². The van der Waals surface area contributed by atoms with E-state index in [1.54, 1.807) is 12.4 Å². The fraction of sp³-hybridized carbons (Fsp3) is 0.455. The van der Waals surface area contributed by atoms with E-state index in [2.05, 4.69) is 10.3 Å². The van der Waals surface area contributed by atoms with Gasteiger partial charge in [0.15, 0.2) is 0 Å². The Morgan fingerprint density at radius 1 is 1.67 bits per heavy atom. The Morgan fingerprint density at radius 3 is 3.00 bits per heavy atom. The average Bonchev–Trinajstić information content (AvgIpc) is 2.25. The van der Waals surface area contributed by atoms with Crippen molar-refractivity contribution in [1.82, 2.24) is 10.3 Å². The molecule has 2 N–H and O–H groups in total. The molecule has 0 aliphatic heterocycles. The second-order valence-electron chi connectivity index (χ2n) is 3.45. The van der Waals surface area contributed by atoms with E-state index >= 15 is 0 Å². The molecule has 0 bridgehead atoms. The first kappa shape index (κ1) is 11.7. The first-order chi connectivity index (χ1) is 7.22. The number of hydrogen-bond acceptors (Lipinski definition) is 3. The van der Waals surface area contributed by atoms with Crippen molar-refractivity contribution >= 4 is 5.97 Å². The molecule has 15 heavy (non-hydrogen) atoms. The summed E-state index contributed by atoms with van der Waals surface area (Å²) in [5.74, 6) is -0.763. The molecule has 0 saturated heterocycles. The van der Waals surface area contributed by atoms with Gasteiger partial charge in [-0.2, -0.15) is 0 Å². The van der Waals surface area contributed by atoms with E-state index in [9.17, 15) is 4.79 Å². The smallest absolute Gasteiger partial charge is 0.304 e. The van der Waals surface area contributed by atoms with Gasteiger partial charge in [-0.25, -0.2) is 0 Å². The highest BCUT2D eigenvalue weighted by atomic mass is 16.4. The molecule has 0 saturated carbocycles. The third-order valence-corrected chi connectivity index (χ3v) is 2.23. The second kappa shape index (κ2) is 6.14. The van der Waals surface area contributed by atoms with Crippen LogP contribution in [0.5, 0.6) is 0 Å². The fourth-order valence-corrected chi connectivity index (χ4v) is 1.34. The number of carbonyl (C=O) groups is 1. The standard InChI is InChI=1S/C11H16N2O2/c1-2-10(6-11(14)15)13-8-9-4-3-5-12-7-9/h3-5,7,10,13H,2,6,8H2,1H3,(H,14,15). The lowest BCUT2D eigenvalue weighted by molar-refractivity contribution is -0.137. The van der Waals surface area contributed by atoms with Crippen LogP contribution in [0.2, 0.25) is 0 Å². The van der Waals surface area contributed by atoms with Crippen LogP contribution in [-0.4, -0.2) is 22.1 Å². The molecule has 0 fully saturated rings. The molecule has 0 aliphatic rings. The molecule has 0 aromatic carbocycles. The molecule has 1 aromatic heterocycles. The maximum Gasteiger partial charge on any atom is 0.304 e. The van der Waals surface area contributed by atoms with Gasteiger partial charge >= 0.3 is 5.97 Å². The van der Waals surface area contributed by atoms with Gasteiger partial charge in [0.2, 0.25) is 0 Å². The van der Waals surface area contributed by atoms with E-state index in [4.69, 9.17) is 5.11 Å². The van der Waals surface area contributed by atoms with E-state index in [0.717, 1.165) is 12.0 Å². The third kappa shape index (κ3) is 4.56. The zero-order valence-electron chi connectivity index (χ0n) is 8.81. The molecule has 4 nitrogen and oxygen atoms in total. The largest absolute Gasteiger partial charge is 0.481 e. The second-order valence-corrected chi connectivity index (χ2v) is 3.45.